The summed E-state index contributed by atoms with van der Waals surface area (Å²) in [7, 11) is 0. The maximum Gasteiger partial charge on any atom is 0.407 e. The monoisotopic (exact) mass is 502 g/mol. The number of pyridine rings is 1. The number of ether oxygens (including phenoxy) is 1. The van der Waals surface area contributed by atoms with Crippen LogP contribution in [0.2, 0.25) is 5.02 Å². The SMILES string of the molecule is O=C(O)N1CCN2C(=O)c3c(N4CCCC45CC5)nc(-c4c(O)cccc4F)c(Cl)c3OC[C@H]2C1. The zero-order valence-electron chi connectivity index (χ0n) is 18.8. The second kappa shape index (κ2) is 7.87. The highest BCUT2D eigenvalue weighted by Crippen LogP contribution is 2.54. The van der Waals surface area contributed by atoms with E-state index >= 15 is 0 Å². The molecule has 2 saturated heterocycles. The van der Waals surface area contributed by atoms with Crippen molar-refractivity contribution >= 4 is 29.4 Å². The Kier molecular flexibility index (Phi) is 5.00. The molecule has 184 valence electrons. The van der Waals surface area contributed by atoms with Crippen LogP contribution in [0.5, 0.6) is 11.5 Å². The number of amides is 2. The molecule has 9 nitrogen and oxygen atoms in total. The van der Waals surface area contributed by atoms with E-state index in [0.29, 0.717) is 12.4 Å². The zero-order valence-corrected chi connectivity index (χ0v) is 19.6. The van der Waals surface area contributed by atoms with Crippen LogP contribution < -0.4 is 9.64 Å². The Morgan fingerprint density at radius 1 is 1.20 bits per heavy atom. The van der Waals surface area contributed by atoms with Crippen LogP contribution in [0.25, 0.3) is 11.3 Å². The molecule has 35 heavy (non-hydrogen) atoms. The molecule has 4 heterocycles. The number of carbonyl (C=O) groups excluding carboxylic acids is 1. The number of rotatable bonds is 2. The molecule has 2 N–H and O–H groups in total. The van der Waals surface area contributed by atoms with E-state index < -0.39 is 18.0 Å². The van der Waals surface area contributed by atoms with Gasteiger partial charge < -0.3 is 29.6 Å². The normalized spacial score (nSPS) is 22.5. The molecule has 2 amide bonds. The van der Waals surface area contributed by atoms with Crippen molar-refractivity contribution < 1.29 is 28.9 Å². The van der Waals surface area contributed by atoms with Gasteiger partial charge in [0, 0.05) is 31.7 Å². The van der Waals surface area contributed by atoms with Crippen molar-refractivity contribution in [2.45, 2.75) is 37.3 Å². The van der Waals surface area contributed by atoms with Crippen molar-refractivity contribution in [2.75, 3.05) is 37.7 Å². The van der Waals surface area contributed by atoms with Crippen LogP contribution in [0, 0.1) is 5.82 Å². The van der Waals surface area contributed by atoms with Gasteiger partial charge in [-0.15, -0.1) is 0 Å². The highest BCUT2D eigenvalue weighted by Gasteiger charge is 2.53. The van der Waals surface area contributed by atoms with Crippen LogP contribution in [-0.4, -0.2) is 81.4 Å². The minimum Gasteiger partial charge on any atom is -0.507 e. The van der Waals surface area contributed by atoms with Crippen LogP contribution in [-0.2, 0) is 0 Å². The van der Waals surface area contributed by atoms with Gasteiger partial charge in [0.2, 0.25) is 0 Å². The fourth-order valence-electron chi connectivity index (χ4n) is 5.66. The molecule has 11 heteroatoms. The summed E-state index contributed by atoms with van der Waals surface area (Å²) in [6, 6.07) is 3.46. The van der Waals surface area contributed by atoms with Crippen molar-refractivity contribution in [3.63, 3.8) is 0 Å². The quantitative estimate of drug-likeness (QED) is 0.646. The van der Waals surface area contributed by atoms with Crippen LogP contribution >= 0.6 is 11.6 Å². The van der Waals surface area contributed by atoms with E-state index in [9.17, 15) is 24.2 Å². The van der Waals surface area contributed by atoms with Crippen LogP contribution in [0.15, 0.2) is 18.2 Å². The molecule has 0 bridgehead atoms. The lowest BCUT2D eigenvalue weighted by molar-refractivity contribution is 0.0390. The lowest BCUT2D eigenvalue weighted by Gasteiger charge is -2.38. The van der Waals surface area contributed by atoms with E-state index in [1.54, 1.807) is 4.90 Å². The summed E-state index contributed by atoms with van der Waals surface area (Å²) >= 11 is 6.73. The fourth-order valence-corrected chi connectivity index (χ4v) is 5.95. The number of hydrogen-bond acceptors (Lipinski definition) is 6. The number of phenols is 1. The molecule has 3 aliphatic heterocycles. The lowest BCUT2D eigenvalue weighted by atomic mass is 10.0. The van der Waals surface area contributed by atoms with Crippen molar-refractivity contribution in [2.24, 2.45) is 0 Å². The zero-order chi connectivity index (χ0) is 24.5. The van der Waals surface area contributed by atoms with Crippen molar-refractivity contribution in [3.8, 4) is 22.8 Å². The number of aromatic hydroxyl groups is 1. The third kappa shape index (κ3) is 3.37. The Morgan fingerprint density at radius 2 is 2.00 bits per heavy atom. The largest absolute Gasteiger partial charge is 0.507 e. The molecule has 1 spiro atoms. The van der Waals surface area contributed by atoms with Crippen LogP contribution in [0.3, 0.4) is 0 Å². The van der Waals surface area contributed by atoms with Gasteiger partial charge in [0.1, 0.15) is 40.3 Å². The number of halogens is 2. The third-order valence-electron chi connectivity index (χ3n) is 7.63. The number of phenolic OH excluding ortho intramolecular Hbond substituents is 1. The second-order valence-corrected chi connectivity index (χ2v) is 9.99. The van der Waals surface area contributed by atoms with E-state index in [-0.39, 0.29) is 71.0 Å². The first-order valence-corrected chi connectivity index (χ1v) is 12.1. The number of hydrogen-bond donors (Lipinski definition) is 2. The van der Waals surface area contributed by atoms with Crippen molar-refractivity contribution in [1.29, 1.82) is 0 Å². The first kappa shape index (κ1) is 22.2. The minimum absolute atomic E-state index is 0.0125. The summed E-state index contributed by atoms with van der Waals surface area (Å²) in [4.78, 5) is 35.2. The summed E-state index contributed by atoms with van der Waals surface area (Å²) in [5, 5.41) is 19.8. The summed E-state index contributed by atoms with van der Waals surface area (Å²) in [6.07, 6.45) is 2.81. The van der Waals surface area contributed by atoms with E-state index in [1.807, 2.05) is 0 Å². The first-order chi connectivity index (χ1) is 16.8. The van der Waals surface area contributed by atoms with Gasteiger partial charge in [0.25, 0.3) is 5.91 Å². The van der Waals surface area contributed by atoms with Gasteiger partial charge in [0.15, 0.2) is 5.75 Å². The average molecular weight is 503 g/mol. The summed E-state index contributed by atoms with van der Waals surface area (Å²) < 4.78 is 21.0. The Balaban J connectivity index is 1.54. The average Bonchev–Trinajstić information content (AvgIpc) is 3.51. The number of anilines is 1. The standard InChI is InChI=1S/C24H24ClFN4O5/c25-18-19(16-14(26)3-1-4-15(16)31)27-21(30-8-2-5-24(30)6-7-24)17-20(18)35-12-13-11-28(23(33)34)9-10-29(13)22(17)32/h1,3-4,13,31H,2,5-12H2,(H,33,34)/t13-/m1/s1. The van der Waals surface area contributed by atoms with E-state index in [1.165, 1.54) is 23.1 Å². The van der Waals surface area contributed by atoms with Gasteiger partial charge in [-0.3, -0.25) is 4.79 Å². The number of carbonyl (C=O) groups is 2. The number of aromatic nitrogens is 1. The van der Waals surface area contributed by atoms with Gasteiger partial charge in [0.05, 0.1) is 11.6 Å². The molecule has 6 rings (SSSR count). The number of piperazine rings is 1. The third-order valence-corrected chi connectivity index (χ3v) is 7.98. The summed E-state index contributed by atoms with van der Waals surface area (Å²) in [5.41, 5.74) is -0.00909. The van der Waals surface area contributed by atoms with Crippen LogP contribution in [0.1, 0.15) is 36.0 Å². The van der Waals surface area contributed by atoms with Gasteiger partial charge in [-0.25, -0.2) is 14.2 Å². The molecule has 0 unspecified atom stereocenters. The maximum atomic E-state index is 14.9. The van der Waals surface area contributed by atoms with Crippen LogP contribution in [0.4, 0.5) is 15.0 Å². The van der Waals surface area contributed by atoms with Gasteiger partial charge in [-0.05, 0) is 37.8 Å². The highest BCUT2D eigenvalue weighted by molar-refractivity contribution is 6.35. The molecular formula is C24H24ClFN4O5. The topological polar surface area (TPSA) is 106 Å². The Labute approximate surface area is 205 Å². The van der Waals surface area contributed by atoms with E-state index in [0.717, 1.165) is 25.7 Å². The molecule has 1 atom stereocenters. The van der Waals surface area contributed by atoms with E-state index in [2.05, 4.69) is 4.90 Å². The van der Waals surface area contributed by atoms with Crippen molar-refractivity contribution in [1.82, 2.24) is 14.8 Å². The van der Waals surface area contributed by atoms with Gasteiger partial charge in [-0.1, -0.05) is 17.7 Å². The Morgan fingerprint density at radius 3 is 2.71 bits per heavy atom. The Hall–Kier alpha value is -3.27. The first-order valence-electron chi connectivity index (χ1n) is 11.7. The number of benzene rings is 1. The predicted molar refractivity (Wildman–Crippen MR) is 125 cm³/mol. The van der Waals surface area contributed by atoms with E-state index in [4.69, 9.17) is 21.3 Å². The van der Waals surface area contributed by atoms with Gasteiger partial charge >= 0.3 is 6.09 Å². The molecule has 4 aliphatic rings. The molecule has 1 saturated carbocycles. The molecule has 1 aliphatic carbocycles. The predicted octanol–water partition coefficient (Wildman–Crippen LogP) is 3.58. The Bertz CT molecular complexity index is 1230. The number of carboxylic acid groups (broad SMARTS) is 1. The highest BCUT2D eigenvalue weighted by atomic mass is 35.5. The molecule has 3 fully saturated rings. The smallest absolute Gasteiger partial charge is 0.407 e. The molecule has 1 aromatic heterocycles. The second-order valence-electron chi connectivity index (χ2n) is 9.61. The maximum absolute atomic E-state index is 14.9. The fraction of sp³-hybridized carbons (Fsp3) is 0.458. The molecule has 1 aromatic carbocycles. The van der Waals surface area contributed by atoms with Gasteiger partial charge in [-0.2, -0.15) is 0 Å². The number of nitrogens with zero attached hydrogens (tertiary/aromatic N) is 4. The molecule has 2 aromatic rings. The van der Waals surface area contributed by atoms with Crippen molar-refractivity contribution in [3.05, 3.63) is 34.6 Å². The minimum atomic E-state index is -1.05. The molecule has 0 radical (unpaired) electrons. The summed E-state index contributed by atoms with van der Waals surface area (Å²) in [6.45, 7) is 1.24. The lowest BCUT2D eigenvalue weighted by Crippen LogP contribution is -2.57. The summed E-state index contributed by atoms with van der Waals surface area (Å²) in [5.74, 6) is -0.866. The number of fused-ring (bicyclic) bond motifs is 2. The molecular weight excluding hydrogens is 479 g/mol.